The lowest BCUT2D eigenvalue weighted by molar-refractivity contribution is -0.160. The van der Waals surface area contributed by atoms with Crippen LogP contribution in [0, 0.1) is 0 Å². The molecule has 0 aromatic heterocycles. The van der Waals surface area contributed by atoms with Crippen LogP contribution in [0.3, 0.4) is 0 Å². The molecule has 0 radical (unpaired) electrons. The highest BCUT2D eigenvalue weighted by Gasteiger charge is 2.15. The highest BCUT2D eigenvalue weighted by atomic mass is 35.5. The maximum absolute atomic E-state index is 11.4. The maximum Gasteiger partial charge on any atom is 0.332 e. The van der Waals surface area contributed by atoms with E-state index < -0.39 is 5.60 Å². The van der Waals surface area contributed by atoms with Gasteiger partial charge in [-0.05, 0) is 33.6 Å². The van der Waals surface area contributed by atoms with Crippen molar-refractivity contribution in [2.45, 2.75) is 52.1 Å². The molecule has 0 unspecified atom stereocenters. The second-order valence-electron chi connectivity index (χ2n) is 7.19. The molecule has 0 atom stereocenters. The average Bonchev–Trinajstić information content (AvgIpc) is 2.62. The first-order valence-electron chi connectivity index (χ1n) is 10.1. The van der Waals surface area contributed by atoms with E-state index in [1.165, 1.54) is 12.8 Å². The van der Waals surface area contributed by atoms with Gasteiger partial charge in [-0.1, -0.05) is 12.8 Å². The number of carbonyl (C=O) groups is 1. The number of hydrogen-bond donors (Lipinski definition) is 0. The third-order valence-electron chi connectivity index (χ3n) is 3.30. The second kappa shape index (κ2) is 19.9. The third kappa shape index (κ3) is 23.6. The minimum absolute atomic E-state index is 0.0633. The number of esters is 1. The molecule has 0 heterocycles. The van der Waals surface area contributed by atoms with Crippen molar-refractivity contribution in [2.75, 3.05) is 71.9 Å². The Balaban J connectivity index is 3.11. The molecule has 8 heteroatoms. The first-order valence-corrected chi connectivity index (χ1v) is 10.7. The summed E-state index contributed by atoms with van der Waals surface area (Å²) < 4.78 is 32.0. The Morgan fingerprint density at radius 3 is 1.54 bits per heavy atom. The van der Waals surface area contributed by atoms with Gasteiger partial charge < -0.3 is 28.4 Å². The maximum atomic E-state index is 11.4. The summed E-state index contributed by atoms with van der Waals surface area (Å²) in [4.78, 5) is 11.4. The van der Waals surface area contributed by atoms with E-state index in [9.17, 15) is 4.79 Å². The summed E-state index contributed by atoms with van der Waals surface area (Å²) in [6, 6.07) is 0. The van der Waals surface area contributed by atoms with Crippen molar-refractivity contribution in [3.8, 4) is 0 Å². The zero-order chi connectivity index (χ0) is 20.9. The van der Waals surface area contributed by atoms with Gasteiger partial charge in [0.15, 0.2) is 0 Å². The lowest BCUT2D eigenvalue weighted by Crippen LogP contribution is -2.27. The molecule has 0 aliphatic rings. The standard InChI is InChI=1S/C20H39ClO7/c1-20(2,3)28-19(22)18-27-17-16-26-15-14-25-13-12-24-11-10-23-9-7-5-4-6-8-21/h4-18H2,1-3H3. The van der Waals surface area contributed by atoms with Gasteiger partial charge in [-0.15, -0.1) is 11.6 Å². The van der Waals surface area contributed by atoms with Crippen LogP contribution in [-0.4, -0.2) is 83.5 Å². The van der Waals surface area contributed by atoms with Crippen molar-refractivity contribution in [1.82, 2.24) is 0 Å². The molecule has 0 saturated heterocycles. The summed E-state index contributed by atoms with van der Waals surface area (Å²) in [7, 11) is 0. The van der Waals surface area contributed by atoms with Crippen molar-refractivity contribution >= 4 is 17.6 Å². The highest BCUT2D eigenvalue weighted by Crippen LogP contribution is 2.06. The Kier molecular flexibility index (Phi) is 19.5. The fraction of sp³-hybridized carbons (Fsp3) is 0.950. The summed E-state index contributed by atoms with van der Waals surface area (Å²) in [6.07, 6.45) is 4.49. The van der Waals surface area contributed by atoms with E-state index in [2.05, 4.69) is 0 Å². The van der Waals surface area contributed by atoms with Crippen molar-refractivity contribution in [1.29, 1.82) is 0 Å². The lowest BCUT2D eigenvalue weighted by atomic mass is 10.2. The molecule has 0 aromatic rings. The third-order valence-corrected chi connectivity index (χ3v) is 3.57. The smallest absolute Gasteiger partial charge is 0.332 e. The molecule has 0 amide bonds. The molecular formula is C20H39ClO7. The van der Waals surface area contributed by atoms with E-state index >= 15 is 0 Å². The Hall–Kier alpha value is -0.440. The van der Waals surface area contributed by atoms with Crippen LogP contribution in [0.1, 0.15) is 46.5 Å². The zero-order valence-corrected chi connectivity index (χ0v) is 18.6. The van der Waals surface area contributed by atoms with Gasteiger partial charge in [0.1, 0.15) is 12.2 Å². The Morgan fingerprint density at radius 2 is 1.07 bits per heavy atom. The molecule has 0 bridgehead atoms. The fourth-order valence-electron chi connectivity index (χ4n) is 2.06. The molecule has 28 heavy (non-hydrogen) atoms. The van der Waals surface area contributed by atoms with Gasteiger partial charge in [-0.3, -0.25) is 0 Å². The number of carbonyl (C=O) groups excluding carboxylic acids is 1. The topological polar surface area (TPSA) is 72.5 Å². The minimum atomic E-state index is -0.491. The zero-order valence-electron chi connectivity index (χ0n) is 17.8. The molecule has 0 aromatic carbocycles. The molecular weight excluding hydrogens is 388 g/mol. The van der Waals surface area contributed by atoms with Crippen LogP contribution in [0.4, 0.5) is 0 Å². The van der Waals surface area contributed by atoms with Gasteiger partial charge in [0.2, 0.25) is 0 Å². The summed E-state index contributed by atoms with van der Waals surface area (Å²) in [5.74, 6) is 0.371. The second-order valence-corrected chi connectivity index (χ2v) is 7.57. The molecule has 7 nitrogen and oxygen atoms in total. The molecule has 0 saturated carbocycles. The van der Waals surface area contributed by atoms with E-state index in [1.807, 2.05) is 20.8 Å². The number of rotatable bonds is 20. The highest BCUT2D eigenvalue weighted by molar-refractivity contribution is 6.17. The monoisotopic (exact) mass is 426 g/mol. The van der Waals surface area contributed by atoms with Gasteiger partial charge in [-0.2, -0.15) is 0 Å². The molecule has 0 fully saturated rings. The first-order chi connectivity index (χ1) is 13.5. The molecule has 168 valence electrons. The van der Waals surface area contributed by atoms with Gasteiger partial charge >= 0.3 is 5.97 Å². The average molecular weight is 427 g/mol. The van der Waals surface area contributed by atoms with Gasteiger partial charge in [-0.25, -0.2) is 4.79 Å². The van der Waals surface area contributed by atoms with E-state index in [1.54, 1.807) is 0 Å². The molecule has 0 spiro atoms. The largest absolute Gasteiger partial charge is 0.458 e. The van der Waals surface area contributed by atoms with Gasteiger partial charge in [0, 0.05) is 12.5 Å². The Labute approximate surface area is 175 Å². The van der Waals surface area contributed by atoms with Crippen molar-refractivity contribution in [3.63, 3.8) is 0 Å². The number of alkyl halides is 1. The summed E-state index contributed by atoms with van der Waals surface area (Å²) >= 11 is 5.62. The van der Waals surface area contributed by atoms with Crippen LogP contribution >= 0.6 is 11.6 Å². The van der Waals surface area contributed by atoms with E-state index in [-0.39, 0.29) is 12.6 Å². The van der Waals surface area contributed by atoms with Crippen molar-refractivity contribution in [2.24, 2.45) is 0 Å². The van der Waals surface area contributed by atoms with Crippen LogP contribution in [-0.2, 0) is 33.2 Å². The number of ether oxygens (including phenoxy) is 6. The fourth-order valence-corrected chi connectivity index (χ4v) is 2.25. The van der Waals surface area contributed by atoms with Gasteiger partial charge in [0.05, 0.1) is 52.9 Å². The number of unbranched alkanes of at least 4 members (excludes halogenated alkanes) is 3. The number of hydrogen-bond acceptors (Lipinski definition) is 7. The Morgan fingerprint density at radius 1 is 0.643 bits per heavy atom. The Bertz CT molecular complexity index is 348. The van der Waals surface area contributed by atoms with Gasteiger partial charge in [0.25, 0.3) is 0 Å². The SMILES string of the molecule is CC(C)(C)OC(=O)COCCOCCOCCOCCOCCCCCCCl. The van der Waals surface area contributed by atoms with Crippen LogP contribution in [0.2, 0.25) is 0 Å². The van der Waals surface area contributed by atoms with Crippen LogP contribution in [0.25, 0.3) is 0 Å². The summed E-state index contributed by atoms with van der Waals surface area (Å²) in [5.41, 5.74) is -0.491. The minimum Gasteiger partial charge on any atom is -0.458 e. The van der Waals surface area contributed by atoms with E-state index in [4.69, 9.17) is 40.0 Å². The lowest BCUT2D eigenvalue weighted by Gasteiger charge is -2.19. The van der Waals surface area contributed by atoms with Crippen molar-refractivity contribution in [3.05, 3.63) is 0 Å². The normalized spacial score (nSPS) is 11.7. The first kappa shape index (κ1) is 27.6. The van der Waals surface area contributed by atoms with Crippen LogP contribution < -0.4 is 0 Å². The van der Waals surface area contributed by atoms with Crippen molar-refractivity contribution < 1.29 is 33.2 Å². The molecule has 0 aliphatic heterocycles. The summed E-state index contributed by atoms with van der Waals surface area (Å²) in [5, 5.41) is 0. The quantitative estimate of drug-likeness (QED) is 0.168. The van der Waals surface area contributed by atoms with E-state index in [0.717, 1.165) is 25.3 Å². The predicted molar refractivity (Wildman–Crippen MR) is 109 cm³/mol. The van der Waals surface area contributed by atoms with Crippen LogP contribution in [0.5, 0.6) is 0 Å². The number of halogens is 1. The van der Waals surface area contributed by atoms with Crippen LogP contribution in [0.15, 0.2) is 0 Å². The molecule has 0 rings (SSSR count). The van der Waals surface area contributed by atoms with E-state index in [0.29, 0.717) is 52.9 Å². The molecule has 0 aliphatic carbocycles. The predicted octanol–water partition coefficient (Wildman–Crippen LogP) is 3.21. The molecule has 0 N–H and O–H groups in total. The summed E-state index contributed by atoms with van der Waals surface area (Å²) in [6.45, 7) is 10.2.